The molecule has 6 heteroatoms. The van der Waals surface area contributed by atoms with E-state index in [4.69, 9.17) is 5.73 Å². The lowest BCUT2D eigenvalue weighted by molar-refractivity contribution is -0.355. The van der Waals surface area contributed by atoms with Crippen LogP contribution in [0, 0.1) is 0 Å². The molecule has 3 N–H and O–H groups in total. The van der Waals surface area contributed by atoms with Crippen molar-refractivity contribution in [3.63, 3.8) is 0 Å². The maximum atomic E-state index is 12.3. The molecule has 0 bridgehead atoms. The van der Waals surface area contributed by atoms with Crippen molar-refractivity contribution in [1.82, 2.24) is 0 Å². The fraction of sp³-hybridized carbons (Fsp3) is 0.222. The van der Waals surface area contributed by atoms with Crippen LogP contribution < -0.4 is 10.7 Å². The number of hydrogen-bond acceptors (Lipinski definition) is 1. The lowest BCUT2D eigenvalue weighted by Gasteiger charge is -2.05. The van der Waals surface area contributed by atoms with E-state index < -0.39 is 11.7 Å². The van der Waals surface area contributed by atoms with Crippen molar-refractivity contribution in [2.75, 3.05) is 5.75 Å². The minimum absolute atomic E-state index is 0.260. The second-order valence-electron chi connectivity index (χ2n) is 2.89. The molecule has 0 saturated heterocycles. The summed E-state index contributed by atoms with van der Waals surface area (Å²) in [5, 5.41) is 0. The summed E-state index contributed by atoms with van der Waals surface area (Å²) in [6.45, 7) is 0. The lowest BCUT2D eigenvalue weighted by Crippen LogP contribution is -2.70. The SMILES string of the molecule is NC(CS)=[NH+]c1cccc(C(F)(F)F)c1. The molecule has 0 amide bonds. The monoisotopic (exact) mass is 235 g/mol. The first kappa shape index (κ1) is 11.9. The van der Waals surface area contributed by atoms with Gasteiger partial charge in [0.15, 0.2) is 0 Å². The number of amidine groups is 1. The van der Waals surface area contributed by atoms with Gasteiger partial charge in [-0.25, -0.2) is 4.99 Å². The fourth-order valence-corrected chi connectivity index (χ4v) is 1.08. The number of thiol groups is 1. The minimum Gasteiger partial charge on any atom is -0.290 e. The second kappa shape index (κ2) is 4.57. The van der Waals surface area contributed by atoms with Crippen molar-refractivity contribution in [3.05, 3.63) is 29.8 Å². The molecule has 0 radical (unpaired) electrons. The van der Waals surface area contributed by atoms with Gasteiger partial charge in [-0.05, 0) is 18.2 Å². The number of rotatable bonds is 2. The quantitative estimate of drug-likeness (QED) is 0.394. The van der Waals surface area contributed by atoms with Gasteiger partial charge < -0.3 is 0 Å². The van der Waals surface area contributed by atoms with E-state index in [-0.39, 0.29) is 5.75 Å². The summed E-state index contributed by atoms with van der Waals surface area (Å²) in [5.41, 5.74) is 5.01. The van der Waals surface area contributed by atoms with Crippen molar-refractivity contribution in [3.8, 4) is 0 Å². The molecule has 2 nitrogen and oxygen atoms in total. The third kappa shape index (κ3) is 3.47. The Balaban J connectivity index is 3.04. The molecule has 0 heterocycles. The van der Waals surface area contributed by atoms with Gasteiger partial charge in [-0.15, -0.1) is 0 Å². The zero-order chi connectivity index (χ0) is 11.5. The normalized spacial score (nSPS) is 12.9. The molecule has 0 fully saturated rings. The molecule has 1 rings (SSSR count). The van der Waals surface area contributed by atoms with E-state index in [1.807, 2.05) is 0 Å². The molecule has 1 aromatic carbocycles. The minimum atomic E-state index is -4.34. The highest BCUT2D eigenvalue weighted by molar-refractivity contribution is 7.81. The van der Waals surface area contributed by atoms with Crippen LogP contribution in [0.1, 0.15) is 5.56 Å². The number of halogens is 3. The first-order chi connectivity index (χ1) is 6.93. The van der Waals surface area contributed by atoms with Crippen LogP contribution in [-0.4, -0.2) is 11.6 Å². The fourth-order valence-electron chi connectivity index (χ4n) is 0.998. The molecule has 82 valence electrons. The van der Waals surface area contributed by atoms with Crippen molar-refractivity contribution in [2.24, 2.45) is 5.73 Å². The van der Waals surface area contributed by atoms with Gasteiger partial charge in [0.2, 0.25) is 0 Å². The van der Waals surface area contributed by atoms with E-state index in [0.29, 0.717) is 11.5 Å². The van der Waals surface area contributed by atoms with Crippen LogP contribution in [0.4, 0.5) is 18.9 Å². The van der Waals surface area contributed by atoms with Gasteiger partial charge in [-0.1, -0.05) is 6.07 Å². The number of benzene rings is 1. The maximum Gasteiger partial charge on any atom is 0.416 e. The summed E-state index contributed by atoms with van der Waals surface area (Å²) in [7, 11) is 0. The Morgan fingerprint density at radius 1 is 1.40 bits per heavy atom. The van der Waals surface area contributed by atoms with Crippen molar-refractivity contribution in [2.45, 2.75) is 6.18 Å². The third-order valence-electron chi connectivity index (χ3n) is 1.67. The molecule has 0 aliphatic heterocycles. The Morgan fingerprint density at radius 2 is 2.07 bits per heavy atom. The van der Waals surface area contributed by atoms with Crippen LogP contribution in [0.2, 0.25) is 0 Å². The predicted molar refractivity (Wildman–Crippen MR) is 55.1 cm³/mol. The molecule has 15 heavy (non-hydrogen) atoms. The van der Waals surface area contributed by atoms with Crippen molar-refractivity contribution >= 4 is 24.2 Å². The number of alkyl halides is 3. The summed E-state index contributed by atoms with van der Waals surface area (Å²) < 4.78 is 36.9. The number of nitrogens with two attached hydrogens (primary N) is 1. The summed E-state index contributed by atoms with van der Waals surface area (Å²) in [6, 6.07) is 4.82. The Labute approximate surface area is 90.4 Å². The Bertz CT molecular complexity index is 374. The third-order valence-corrected chi connectivity index (χ3v) is 2.01. The van der Waals surface area contributed by atoms with E-state index in [9.17, 15) is 13.2 Å². The second-order valence-corrected chi connectivity index (χ2v) is 3.20. The molecular formula is C9H10F3N2S+. The highest BCUT2D eigenvalue weighted by atomic mass is 32.1. The van der Waals surface area contributed by atoms with E-state index >= 15 is 0 Å². The van der Waals surface area contributed by atoms with Crippen LogP contribution in [-0.2, 0) is 6.18 Å². The Hall–Kier alpha value is -1.17. The Kier molecular flexibility index (Phi) is 3.62. The van der Waals surface area contributed by atoms with Gasteiger partial charge >= 0.3 is 6.18 Å². The van der Waals surface area contributed by atoms with E-state index in [0.717, 1.165) is 12.1 Å². The summed E-state index contributed by atoms with van der Waals surface area (Å²) >= 11 is 3.88. The number of nitrogens with one attached hydrogen (secondary N) is 1. The zero-order valence-electron chi connectivity index (χ0n) is 7.67. The van der Waals surface area contributed by atoms with Gasteiger partial charge in [0.25, 0.3) is 5.84 Å². The van der Waals surface area contributed by atoms with E-state index in [1.165, 1.54) is 12.1 Å². The van der Waals surface area contributed by atoms with Crippen LogP contribution in [0.5, 0.6) is 0 Å². The zero-order valence-corrected chi connectivity index (χ0v) is 8.57. The van der Waals surface area contributed by atoms with Crippen molar-refractivity contribution in [1.29, 1.82) is 0 Å². The molecule has 0 atom stereocenters. The van der Waals surface area contributed by atoms with Crippen LogP contribution in [0.15, 0.2) is 24.3 Å². The van der Waals surface area contributed by atoms with Gasteiger partial charge in [-0.3, -0.25) is 5.73 Å². The average Bonchev–Trinajstić information content (AvgIpc) is 2.17. The smallest absolute Gasteiger partial charge is 0.290 e. The van der Waals surface area contributed by atoms with Gasteiger partial charge in [0.1, 0.15) is 5.69 Å². The summed E-state index contributed by atoms with van der Waals surface area (Å²) in [4.78, 5) is 2.62. The van der Waals surface area contributed by atoms with E-state index in [1.54, 1.807) is 0 Å². The molecule has 0 saturated carbocycles. The Morgan fingerprint density at radius 3 is 2.60 bits per heavy atom. The lowest BCUT2D eigenvalue weighted by atomic mass is 10.2. The largest absolute Gasteiger partial charge is 0.416 e. The maximum absolute atomic E-state index is 12.3. The molecular weight excluding hydrogens is 225 g/mol. The molecule has 0 aliphatic carbocycles. The molecule has 0 spiro atoms. The van der Waals surface area contributed by atoms with Gasteiger partial charge in [0, 0.05) is 0 Å². The van der Waals surface area contributed by atoms with Crippen LogP contribution >= 0.6 is 12.6 Å². The van der Waals surface area contributed by atoms with Crippen LogP contribution in [0.25, 0.3) is 0 Å². The standard InChI is InChI=1S/C9H9F3N2S/c10-9(11,12)6-2-1-3-7(4-6)14-8(13)5-15/h1-4,15H,5H2,(H2,13,14)/p+1. The first-order valence-corrected chi connectivity index (χ1v) is 4.73. The van der Waals surface area contributed by atoms with Crippen LogP contribution in [0.3, 0.4) is 0 Å². The highest BCUT2D eigenvalue weighted by Gasteiger charge is 2.30. The predicted octanol–water partition coefficient (Wildman–Crippen LogP) is 0.705. The molecule has 0 unspecified atom stereocenters. The molecule has 1 aromatic rings. The van der Waals surface area contributed by atoms with Gasteiger partial charge in [0.05, 0.1) is 11.3 Å². The van der Waals surface area contributed by atoms with E-state index in [2.05, 4.69) is 17.6 Å². The summed E-state index contributed by atoms with van der Waals surface area (Å²) in [6.07, 6.45) is -4.34. The van der Waals surface area contributed by atoms with Gasteiger partial charge in [-0.2, -0.15) is 25.8 Å². The van der Waals surface area contributed by atoms with Crippen molar-refractivity contribution < 1.29 is 18.2 Å². The highest BCUT2D eigenvalue weighted by Crippen LogP contribution is 2.29. The molecule has 0 aliphatic rings. The topological polar surface area (TPSA) is 40.0 Å². The molecule has 0 aromatic heterocycles. The number of hydrogen-bond donors (Lipinski definition) is 3. The average molecular weight is 235 g/mol. The first-order valence-electron chi connectivity index (χ1n) is 4.10. The summed E-state index contributed by atoms with van der Waals surface area (Å²) in [5.74, 6) is 0.564.